The number of nitrogens with zero attached hydrogens (tertiary/aromatic N) is 2. The summed E-state index contributed by atoms with van der Waals surface area (Å²) in [6.07, 6.45) is 4.55. The number of piperidine rings is 1. The first kappa shape index (κ1) is 28.9. The maximum atomic E-state index is 15.0. The number of aliphatic hydroxyl groups excluding tert-OH is 1. The van der Waals surface area contributed by atoms with Crippen molar-refractivity contribution in [3.05, 3.63) is 39.4 Å². The Hall–Kier alpha value is -3.71. The highest BCUT2D eigenvalue weighted by Gasteiger charge is 2.30. The quantitative estimate of drug-likeness (QED) is 0.152. The van der Waals surface area contributed by atoms with E-state index in [0.717, 1.165) is 12.0 Å². The van der Waals surface area contributed by atoms with Gasteiger partial charge in [0.1, 0.15) is 17.4 Å². The van der Waals surface area contributed by atoms with Crippen molar-refractivity contribution >= 4 is 34.5 Å². The highest BCUT2D eigenvalue weighted by atomic mass is 19.1. The number of carboxylic acid groups (broad SMARTS) is 2. The standard InChI is InChI=1S/C19H21FN2O4.C6H14N4O2/c1-10-2-3-12-16-13(18(24)14(19(25)26)9-22(10)16)8-15(20)17(12)21-6-4-11(23)5-7-21;7-4(5(11)12)2-1-3-10-6(8)9/h8-11,23H,2-7H2,1H3,(H,25,26);4H,1-3,7H2,(H,11,12)(H4,8,9,10). The molecule has 2 aromatic rings. The van der Waals surface area contributed by atoms with Gasteiger partial charge >= 0.3 is 11.9 Å². The summed E-state index contributed by atoms with van der Waals surface area (Å²) < 4.78 is 16.8. The molecule has 3 heterocycles. The Morgan fingerprint density at radius 3 is 2.50 bits per heavy atom. The van der Waals surface area contributed by atoms with Gasteiger partial charge in [-0.2, -0.15) is 0 Å². The molecule has 4 rings (SSSR count). The van der Waals surface area contributed by atoms with Crippen molar-refractivity contribution in [3.8, 4) is 0 Å². The third-order valence-corrected chi connectivity index (χ3v) is 6.96. The number of rotatable bonds is 7. The number of nitrogens with two attached hydrogens (primary N) is 2. The number of aliphatic hydroxyl groups is 1. The number of carbonyl (C=O) groups is 2. The average Bonchev–Trinajstić information content (AvgIpc) is 2.85. The van der Waals surface area contributed by atoms with Gasteiger partial charge in [-0.05, 0) is 51.5 Å². The number of anilines is 1. The number of aromatic nitrogens is 1. The molecule has 0 spiro atoms. The van der Waals surface area contributed by atoms with Gasteiger partial charge in [-0.25, -0.2) is 9.18 Å². The zero-order valence-corrected chi connectivity index (χ0v) is 21.2. The normalized spacial score (nSPS) is 17.9. The SMILES string of the molecule is CC1CCc2c(N3CCC(O)CC3)c(F)cc3c(=O)c(C(=O)O)cn1c23.N=C(N)NCCCC(N)C(=O)O. The zero-order chi connectivity index (χ0) is 28.1. The third-order valence-electron chi connectivity index (χ3n) is 6.96. The van der Waals surface area contributed by atoms with Crippen LogP contribution in [-0.4, -0.2) is 69.6 Å². The van der Waals surface area contributed by atoms with Crippen molar-refractivity contribution in [1.29, 1.82) is 5.41 Å². The molecule has 1 aromatic heterocycles. The lowest BCUT2D eigenvalue weighted by molar-refractivity contribution is -0.138. The molecular weight excluding hydrogens is 499 g/mol. The van der Waals surface area contributed by atoms with Crippen LogP contribution in [0.3, 0.4) is 0 Å². The maximum absolute atomic E-state index is 15.0. The van der Waals surface area contributed by atoms with Crippen molar-refractivity contribution < 1.29 is 29.3 Å². The molecule has 0 amide bonds. The first-order valence-corrected chi connectivity index (χ1v) is 12.5. The van der Waals surface area contributed by atoms with Gasteiger partial charge in [0.15, 0.2) is 5.96 Å². The number of halogens is 1. The number of nitrogens with one attached hydrogen (secondary N) is 2. The minimum atomic E-state index is -1.30. The second-order valence-corrected chi connectivity index (χ2v) is 9.70. The summed E-state index contributed by atoms with van der Waals surface area (Å²) in [5, 5.41) is 36.9. The van der Waals surface area contributed by atoms with Crippen LogP contribution >= 0.6 is 0 Å². The summed E-state index contributed by atoms with van der Waals surface area (Å²) in [7, 11) is 0. The van der Waals surface area contributed by atoms with Gasteiger partial charge in [0, 0.05) is 42.8 Å². The van der Waals surface area contributed by atoms with Crippen molar-refractivity contribution in [2.24, 2.45) is 11.5 Å². The lowest BCUT2D eigenvalue weighted by Crippen LogP contribution is -2.37. The first-order chi connectivity index (χ1) is 17.9. The van der Waals surface area contributed by atoms with Gasteiger partial charge in [-0.1, -0.05) is 0 Å². The van der Waals surface area contributed by atoms with Crippen molar-refractivity contribution in [1.82, 2.24) is 9.88 Å². The Bertz CT molecular complexity index is 1270. The Labute approximate surface area is 218 Å². The molecule has 1 saturated heterocycles. The lowest BCUT2D eigenvalue weighted by Gasteiger charge is -2.36. The number of carboxylic acids is 2. The molecule has 1 fully saturated rings. The molecule has 2 aliphatic rings. The van der Waals surface area contributed by atoms with E-state index in [9.17, 15) is 24.6 Å². The predicted octanol–water partition coefficient (Wildman–Crippen LogP) is 0.969. The predicted molar refractivity (Wildman–Crippen MR) is 140 cm³/mol. The molecule has 38 heavy (non-hydrogen) atoms. The second-order valence-electron chi connectivity index (χ2n) is 9.70. The van der Waals surface area contributed by atoms with Crippen LogP contribution in [0.1, 0.15) is 61.0 Å². The van der Waals surface area contributed by atoms with Gasteiger partial charge in [-0.3, -0.25) is 15.0 Å². The molecule has 0 radical (unpaired) electrons. The van der Waals surface area contributed by atoms with Crippen LogP contribution < -0.4 is 27.1 Å². The van der Waals surface area contributed by atoms with Gasteiger partial charge in [0.2, 0.25) is 5.43 Å². The Morgan fingerprint density at radius 2 is 1.92 bits per heavy atom. The molecule has 0 bridgehead atoms. The van der Waals surface area contributed by atoms with E-state index in [1.165, 1.54) is 12.3 Å². The molecular formula is C25H35FN6O6. The van der Waals surface area contributed by atoms with Gasteiger partial charge in [0.25, 0.3) is 0 Å². The van der Waals surface area contributed by atoms with Crippen LogP contribution in [0.15, 0.2) is 17.1 Å². The van der Waals surface area contributed by atoms with E-state index in [2.05, 4.69) is 5.32 Å². The molecule has 0 saturated carbocycles. The van der Waals surface area contributed by atoms with Crippen LogP contribution in [0.4, 0.5) is 10.1 Å². The molecule has 2 atom stereocenters. The van der Waals surface area contributed by atoms with E-state index >= 15 is 4.39 Å². The van der Waals surface area contributed by atoms with Crippen molar-refractivity contribution in [2.45, 2.75) is 63.6 Å². The summed E-state index contributed by atoms with van der Waals surface area (Å²) in [4.78, 5) is 36.2. The van der Waals surface area contributed by atoms with Crippen LogP contribution in [-0.2, 0) is 11.2 Å². The maximum Gasteiger partial charge on any atom is 0.341 e. The fourth-order valence-corrected chi connectivity index (χ4v) is 4.89. The van der Waals surface area contributed by atoms with Crippen LogP contribution in [0.25, 0.3) is 10.9 Å². The third kappa shape index (κ3) is 6.40. The molecule has 9 N–H and O–H groups in total. The summed E-state index contributed by atoms with van der Waals surface area (Å²) in [6.45, 7) is 3.57. The smallest absolute Gasteiger partial charge is 0.341 e. The Kier molecular flexibility index (Phi) is 9.28. The molecule has 12 nitrogen and oxygen atoms in total. The summed E-state index contributed by atoms with van der Waals surface area (Å²) >= 11 is 0. The fourth-order valence-electron chi connectivity index (χ4n) is 4.89. The number of aryl methyl sites for hydroxylation is 1. The lowest BCUT2D eigenvalue weighted by atomic mass is 9.93. The summed E-state index contributed by atoms with van der Waals surface area (Å²) in [5.74, 6) is -2.91. The second kappa shape index (κ2) is 12.2. The number of aromatic carboxylic acids is 1. The van der Waals surface area contributed by atoms with Crippen LogP contribution in [0.2, 0.25) is 0 Å². The van der Waals surface area contributed by atoms with E-state index in [-0.39, 0.29) is 29.1 Å². The van der Waals surface area contributed by atoms with Crippen molar-refractivity contribution in [3.63, 3.8) is 0 Å². The highest BCUT2D eigenvalue weighted by molar-refractivity contribution is 5.95. The topological polar surface area (TPSA) is 208 Å². The number of hydrogen-bond acceptors (Lipinski definition) is 7. The van der Waals surface area contributed by atoms with Gasteiger partial charge < -0.3 is 41.6 Å². The van der Waals surface area contributed by atoms with Gasteiger partial charge in [0.05, 0.1) is 17.3 Å². The summed E-state index contributed by atoms with van der Waals surface area (Å²) in [6, 6.07) is 0.395. The van der Waals surface area contributed by atoms with E-state index in [1.807, 2.05) is 11.8 Å². The van der Waals surface area contributed by atoms with E-state index in [1.54, 1.807) is 4.57 Å². The minimum Gasteiger partial charge on any atom is -0.480 e. The number of aliphatic carboxylic acids is 1. The largest absolute Gasteiger partial charge is 0.480 e. The van der Waals surface area contributed by atoms with Crippen LogP contribution in [0.5, 0.6) is 0 Å². The van der Waals surface area contributed by atoms with E-state index < -0.39 is 29.2 Å². The van der Waals surface area contributed by atoms with E-state index in [4.69, 9.17) is 22.0 Å². The number of hydrogen-bond donors (Lipinski definition) is 7. The van der Waals surface area contributed by atoms with Crippen LogP contribution in [0, 0.1) is 11.2 Å². The highest BCUT2D eigenvalue weighted by Crippen LogP contribution is 2.38. The monoisotopic (exact) mass is 534 g/mol. The first-order valence-electron chi connectivity index (χ1n) is 12.5. The number of pyridine rings is 1. The minimum absolute atomic E-state index is 0.0326. The molecule has 0 aliphatic carbocycles. The summed E-state index contributed by atoms with van der Waals surface area (Å²) in [5.41, 5.74) is 11.1. The Balaban J connectivity index is 0.000000284. The fraction of sp³-hybridized carbons (Fsp3) is 0.520. The number of guanidine groups is 1. The molecule has 2 unspecified atom stereocenters. The van der Waals surface area contributed by atoms with Crippen molar-refractivity contribution in [2.75, 3.05) is 24.5 Å². The molecule has 1 aromatic carbocycles. The zero-order valence-electron chi connectivity index (χ0n) is 21.2. The Morgan fingerprint density at radius 1 is 1.26 bits per heavy atom. The van der Waals surface area contributed by atoms with E-state index in [0.29, 0.717) is 62.9 Å². The molecule has 208 valence electrons. The average molecular weight is 535 g/mol. The molecule has 13 heteroatoms. The van der Waals surface area contributed by atoms with Gasteiger partial charge in [-0.15, -0.1) is 0 Å². The molecule has 2 aliphatic heterocycles. The number of benzene rings is 1.